The number of carboxylic acids is 1. The van der Waals surface area contributed by atoms with Crippen LogP contribution in [-0.4, -0.2) is 22.2 Å². The molecule has 5 nitrogen and oxygen atoms in total. The van der Waals surface area contributed by atoms with Gasteiger partial charge in [0.05, 0.1) is 5.52 Å². The smallest absolute Gasteiger partial charge is 0.322 e. The number of rotatable bonds is 5. The maximum Gasteiger partial charge on any atom is 0.322 e. The molecule has 0 aliphatic carbocycles. The van der Waals surface area contributed by atoms with E-state index < -0.39 is 5.97 Å². The number of aryl methyl sites for hydroxylation is 1. The van der Waals surface area contributed by atoms with Crippen LogP contribution in [0.15, 0.2) is 35.1 Å². The third-order valence-electron chi connectivity index (χ3n) is 2.90. The Morgan fingerprint density at radius 3 is 2.79 bits per heavy atom. The Hall–Kier alpha value is -2.30. The number of benzene rings is 1. The highest BCUT2D eigenvalue weighted by molar-refractivity contribution is 5.92. The molecule has 19 heavy (non-hydrogen) atoms. The van der Waals surface area contributed by atoms with Gasteiger partial charge in [-0.3, -0.25) is 9.59 Å². The highest BCUT2D eigenvalue weighted by Crippen LogP contribution is 2.21. The molecule has 100 valence electrons. The van der Waals surface area contributed by atoms with E-state index in [-0.39, 0.29) is 12.1 Å². The molecule has 0 saturated heterocycles. The summed E-state index contributed by atoms with van der Waals surface area (Å²) in [5.41, 5.74) is 1.27. The molecule has 0 saturated carbocycles. The summed E-state index contributed by atoms with van der Waals surface area (Å²) >= 11 is 0. The van der Waals surface area contributed by atoms with Crippen LogP contribution in [0.1, 0.15) is 13.3 Å². The molecule has 0 fully saturated rings. The zero-order valence-electron chi connectivity index (χ0n) is 10.7. The second kappa shape index (κ2) is 5.56. The zero-order valence-corrected chi connectivity index (χ0v) is 10.7. The number of carboxylic acid groups (broad SMARTS) is 1. The second-order valence-corrected chi connectivity index (χ2v) is 4.31. The van der Waals surface area contributed by atoms with Gasteiger partial charge >= 0.3 is 5.97 Å². The summed E-state index contributed by atoms with van der Waals surface area (Å²) in [6, 6.07) is 8.95. The summed E-state index contributed by atoms with van der Waals surface area (Å²) in [6.45, 7) is 2.46. The van der Waals surface area contributed by atoms with Crippen molar-refractivity contribution in [3.05, 3.63) is 40.7 Å². The number of nitrogens with one attached hydrogen (secondary N) is 1. The van der Waals surface area contributed by atoms with Crippen LogP contribution < -0.4 is 10.9 Å². The lowest BCUT2D eigenvalue weighted by atomic mass is 10.1. The van der Waals surface area contributed by atoms with E-state index in [4.69, 9.17) is 5.11 Å². The van der Waals surface area contributed by atoms with Crippen LogP contribution >= 0.6 is 0 Å². The lowest BCUT2D eigenvalue weighted by molar-refractivity contribution is -0.134. The predicted molar refractivity (Wildman–Crippen MR) is 74.6 cm³/mol. The molecule has 0 aliphatic rings. The summed E-state index contributed by atoms with van der Waals surface area (Å²) < 4.78 is 1.71. The van der Waals surface area contributed by atoms with Crippen LogP contribution in [0.5, 0.6) is 0 Å². The molecular weight excluding hydrogens is 244 g/mol. The number of carbonyl (C=O) groups is 1. The lowest BCUT2D eigenvalue weighted by Gasteiger charge is -2.13. The molecule has 0 spiro atoms. The van der Waals surface area contributed by atoms with E-state index in [9.17, 15) is 9.59 Å². The van der Waals surface area contributed by atoms with Gasteiger partial charge in [0.15, 0.2) is 0 Å². The monoisotopic (exact) mass is 260 g/mol. The number of pyridine rings is 1. The third-order valence-corrected chi connectivity index (χ3v) is 2.90. The molecule has 0 bridgehead atoms. The van der Waals surface area contributed by atoms with Crippen molar-refractivity contribution in [3.63, 3.8) is 0 Å². The standard InChI is InChI=1S/C14H16N2O3/c1-2-7-16-12-6-4-3-5-10(12)11(8-13(16)17)15-9-14(18)19/h3-6,8,15H,2,7,9H2,1H3,(H,18,19). The van der Waals surface area contributed by atoms with Gasteiger partial charge in [0.1, 0.15) is 6.54 Å². The Labute approximate surface area is 110 Å². The fraction of sp³-hybridized carbons (Fsp3) is 0.286. The molecule has 0 aliphatic heterocycles. The highest BCUT2D eigenvalue weighted by atomic mass is 16.4. The van der Waals surface area contributed by atoms with Gasteiger partial charge in [-0.2, -0.15) is 0 Å². The molecule has 1 aromatic heterocycles. The average Bonchev–Trinajstić information content (AvgIpc) is 2.40. The summed E-state index contributed by atoms with van der Waals surface area (Å²) in [5, 5.41) is 12.4. The summed E-state index contributed by atoms with van der Waals surface area (Å²) in [6.07, 6.45) is 0.867. The van der Waals surface area contributed by atoms with Crippen LogP contribution in [0, 0.1) is 0 Å². The van der Waals surface area contributed by atoms with Gasteiger partial charge in [-0.1, -0.05) is 25.1 Å². The number of para-hydroxylation sites is 1. The van der Waals surface area contributed by atoms with Crippen molar-refractivity contribution in [1.82, 2.24) is 4.57 Å². The third kappa shape index (κ3) is 2.76. The van der Waals surface area contributed by atoms with Crippen LogP contribution in [0.3, 0.4) is 0 Å². The van der Waals surface area contributed by atoms with Gasteiger partial charge in [-0.05, 0) is 12.5 Å². The Bertz CT molecular complexity index is 661. The van der Waals surface area contributed by atoms with Crippen LogP contribution in [-0.2, 0) is 11.3 Å². The van der Waals surface area contributed by atoms with Gasteiger partial charge in [-0.25, -0.2) is 0 Å². The number of hydrogen-bond donors (Lipinski definition) is 2. The number of aliphatic carboxylic acids is 1. The maximum absolute atomic E-state index is 12.1. The van der Waals surface area contributed by atoms with Gasteiger partial charge in [0, 0.05) is 23.7 Å². The molecule has 2 aromatic rings. The molecule has 1 aromatic carbocycles. The molecule has 2 rings (SSSR count). The van der Waals surface area contributed by atoms with E-state index >= 15 is 0 Å². The van der Waals surface area contributed by atoms with Crippen molar-refractivity contribution in [2.24, 2.45) is 0 Å². The van der Waals surface area contributed by atoms with Crippen LogP contribution in [0.4, 0.5) is 5.69 Å². The van der Waals surface area contributed by atoms with Crippen molar-refractivity contribution in [2.75, 3.05) is 11.9 Å². The van der Waals surface area contributed by atoms with Gasteiger partial charge in [0.2, 0.25) is 0 Å². The molecule has 2 N–H and O–H groups in total. The number of hydrogen-bond acceptors (Lipinski definition) is 3. The van der Waals surface area contributed by atoms with E-state index in [0.29, 0.717) is 12.2 Å². The van der Waals surface area contributed by atoms with Gasteiger partial charge in [-0.15, -0.1) is 0 Å². The topological polar surface area (TPSA) is 71.3 Å². The van der Waals surface area contributed by atoms with E-state index in [2.05, 4.69) is 5.32 Å². The Morgan fingerprint density at radius 2 is 2.11 bits per heavy atom. The zero-order chi connectivity index (χ0) is 13.8. The first kappa shape index (κ1) is 13.1. The maximum atomic E-state index is 12.1. The molecule has 0 radical (unpaired) electrons. The Kier molecular flexibility index (Phi) is 3.85. The number of nitrogens with zero attached hydrogens (tertiary/aromatic N) is 1. The van der Waals surface area contributed by atoms with Crippen LogP contribution in [0.25, 0.3) is 10.9 Å². The van der Waals surface area contributed by atoms with Gasteiger partial charge < -0.3 is 15.0 Å². The minimum absolute atomic E-state index is 0.117. The molecule has 1 heterocycles. The second-order valence-electron chi connectivity index (χ2n) is 4.31. The van der Waals surface area contributed by atoms with E-state index in [0.717, 1.165) is 17.3 Å². The van der Waals surface area contributed by atoms with Crippen molar-refractivity contribution in [2.45, 2.75) is 19.9 Å². The minimum atomic E-state index is -0.957. The lowest BCUT2D eigenvalue weighted by Crippen LogP contribution is -2.22. The van der Waals surface area contributed by atoms with Crippen LogP contribution in [0.2, 0.25) is 0 Å². The van der Waals surface area contributed by atoms with Crippen molar-refractivity contribution >= 4 is 22.6 Å². The van der Waals surface area contributed by atoms with Gasteiger partial charge in [0.25, 0.3) is 5.56 Å². The Morgan fingerprint density at radius 1 is 1.37 bits per heavy atom. The number of anilines is 1. The highest BCUT2D eigenvalue weighted by Gasteiger charge is 2.08. The van der Waals surface area contributed by atoms with E-state index in [1.807, 2.05) is 31.2 Å². The Balaban J connectivity index is 2.57. The first-order chi connectivity index (χ1) is 9.13. The summed E-state index contributed by atoms with van der Waals surface area (Å²) in [7, 11) is 0. The normalized spacial score (nSPS) is 10.6. The molecule has 0 atom stereocenters. The molecule has 5 heteroatoms. The molecule has 0 unspecified atom stereocenters. The fourth-order valence-corrected chi connectivity index (χ4v) is 2.11. The predicted octanol–water partition coefficient (Wildman–Crippen LogP) is 1.91. The summed E-state index contributed by atoms with van der Waals surface area (Å²) in [5.74, 6) is -0.957. The van der Waals surface area contributed by atoms with E-state index in [1.165, 1.54) is 6.07 Å². The van der Waals surface area contributed by atoms with Crippen molar-refractivity contribution in [1.29, 1.82) is 0 Å². The van der Waals surface area contributed by atoms with Crippen molar-refractivity contribution in [3.8, 4) is 0 Å². The first-order valence-electron chi connectivity index (χ1n) is 6.21. The number of aromatic nitrogens is 1. The fourth-order valence-electron chi connectivity index (χ4n) is 2.11. The molecule has 0 amide bonds. The molecular formula is C14H16N2O3. The quantitative estimate of drug-likeness (QED) is 0.861. The largest absolute Gasteiger partial charge is 0.480 e. The average molecular weight is 260 g/mol. The summed E-state index contributed by atoms with van der Waals surface area (Å²) in [4.78, 5) is 22.7. The number of fused-ring (bicyclic) bond motifs is 1. The van der Waals surface area contributed by atoms with E-state index in [1.54, 1.807) is 4.57 Å². The van der Waals surface area contributed by atoms with Crippen molar-refractivity contribution < 1.29 is 9.90 Å². The SMILES string of the molecule is CCCn1c(=O)cc(NCC(=O)O)c2ccccc21. The first-order valence-corrected chi connectivity index (χ1v) is 6.21. The minimum Gasteiger partial charge on any atom is -0.480 e.